The Morgan fingerprint density at radius 3 is 2.79 bits per heavy atom. The molecular formula is C19H20N2O3. The zero-order chi connectivity index (χ0) is 16.8. The van der Waals surface area contributed by atoms with Gasteiger partial charge in [0.05, 0.1) is 12.8 Å². The minimum Gasteiger partial charge on any atom is -0.469 e. The van der Waals surface area contributed by atoms with Gasteiger partial charge in [0.25, 0.3) is 0 Å². The maximum atomic E-state index is 12.2. The van der Waals surface area contributed by atoms with Crippen LogP contribution in [0.2, 0.25) is 0 Å². The summed E-state index contributed by atoms with van der Waals surface area (Å²) >= 11 is 0. The van der Waals surface area contributed by atoms with Crippen LogP contribution in [0.3, 0.4) is 0 Å². The summed E-state index contributed by atoms with van der Waals surface area (Å²) < 4.78 is 5.40. The van der Waals surface area contributed by atoms with Crippen LogP contribution in [0.1, 0.15) is 23.7 Å². The zero-order valence-corrected chi connectivity index (χ0v) is 13.4. The van der Waals surface area contributed by atoms with Gasteiger partial charge in [-0.05, 0) is 30.2 Å². The summed E-state index contributed by atoms with van der Waals surface area (Å²) in [5, 5.41) is 2.64. The predicted molar refractivity (Wildman–Crippen MR) is 91.1 cm³/mol. The molecule has 1 aliphatic rings. The van der Waals surface area contributed by atoms with Crippen LogP contribution in [-0.2, 0) is 9.59 Å². The summed E-state index contributed by atoms with van der Waals surface area (Å²) in [6, 6.07) is 13.4. The van der Waals surface area contributed by atoms with Crippen molar-refractivity contribution < 1.29 is 14.0 Å². The molecule has 0 saturated carbocycles. The average Bonchev–Trinajstić information content (AvgIpc) is 3.29. The molecule has 5 nitrogen and oxygen atoms in total. The highest BCUT2D eigenvalue weighted by Crippen LogP contribution is 2.27. The number of nitrogens with one attached hydrogen (secondary N) is 1. The fourth-order valence-corrected chi connectivity index (χ4v) is 2.81. The monoisotopic (exact) mass is 324 g/mol. The van der Waals surface area contributed by atoms with E-state index in [-0.39, 0.29) is 24.3 Å². The first-order chi connectivity index (χ1) is 11.7. The van der Waals surface area contributed by atoms with E-state index in [9.17, 15) is 9.59 Å². The third-order valence-electron chi connectivity index (χ3n) is 4.13. The van der Waals surface area contributed by atoms with Crippen LogP contribution in [0.15, 0.2) is 59.2 Å². The predicted octanol–water partition coefficient (Wildman–Crippen LogP) is 2.43. The Bertz CT molecular complexity index is 707. The van der Waals surface area contributed by atoms with E-state index in [1.165, 1.54) is 6.08 Å². The van der Waals surface area contributed by atoms with E-state index in [1.807, 2.05) is 42.5 Å². The Morgan fingerprint density at radius 1 is 1.21 bits per heavy atom. The quantitative estimate of drug-likeness (QED) is 0.859. The maximum absolute atomic E-state index is 12.2. The minimum absolute atomic E-state index is 0.0167. The van der Waals surface area contributed by atoms with Crippen molar-refractivity contribution in [3.05, 3.63) is 66.1 Å². The second-order valence-corrected chi connectivity index (χ2v) is 5.80. The van der Waals surface area contributed by atoms with Gasteiger partial charge in [0.2, 0.25) is 11.8 Å². The molecule has 24 heavy (non-hydrogen) atoms. The second-order valence-electron chi connectivity index (χ2n) is 5.80. The van der Waals surface area contributed by atoms with E-state index < -0.39 is 0 Å². The van der Waals surface area contributed by atoms with Gasteiger partial charge in [0.15, 0.2) is 0 Å². The highest BCUT2D eigenvalue weighted by molar-refractivity contribution is 5.94. The van der Waals surface area contributed by atoms with Crippen molar-refractivity contribution in [1.29, 1.82) is 0 Å². The van der Waals surface area contributed by atoms with Gasteiger partial charge >= 0.3 is 0 Å². The van der Waals surface area contributed by atoms with Crippen LogP contribution < -0.4 is 5.32 Å². The normalized spacial score (nSPS) is 17.3. The number of carbonyl (C=O) groups excluding carboxylic acids is 2. The molecule has 0 spiro atoms. The third-order valence-corrected chi connectivity index (χ3v) is 4.13. The molecule has 1 unspecified atom stereocenters. The summed E-state index contributed by atoms with van der Waals surface area (Å²) in [6.45, 7) is 1.35. The molecule has 2 aromatic rings. The molecule has 3 rings (SSSR count). The average molecular weight is 324 g/mol. The Morgan fingerprint density at radius 2 is 2.04 bits per heavy atom. The van der Waals surface area contributed by atoms with Crippen molar-refractivity contribution in [2.24, 2.45) is 0 Å². The van der Waals surface area contributed by atoms with Gasteiger partial charge in [-0.25, -0.2) is 0 Å². The highest BCUT2D eigenvalue weighted by Gasteiger charge is 2.28. The molecule has 5 heteroatoms. The van der Waals surface area contributed by atoms with E-state index in [0.717, 1.165) is 17.7 Å². The van der Waals surface area contributed by atoms with Crippen LogP contribution in [-0.4, -0.2) is 36.3 Å². The van der Waals surface area contributed by atoms with E-state index in [0.29, 0.717) is 13.1 Å². The van der Waals surface area contributed by atoms with Crippen molar-refractivity contribution in [2.75, 3.05) is 19.6 Å². The SMILES string of the molecule is O=C(C=Cc1ccccc1)NCC(=O)N1CCC(c2ccco2)C1. The third kappa shape index (κ3) is 4.13. The number of nitrogens with zero attached hydrogens (tertiary/aromatic N) is 1. The van der Waals surface area contributed by atoms with Crippen molar-refractivity contribution in [3.8, 4) is 0 Å². The first kappa shape index (κ1) is 16.1. The van der Waals surface area contributed by atoms with E-state index in [4.69, 9.17) is 4.42 Å². The smallest absolute Gasteiger partial charge is 0.244 e. The molecule has 1 saturated heterocycles. The fraction of sp³-hybridized carbons (Fsp3) is 0.263. The number of likely N-dealkylation sites (tertiary alicyclic amines) is 1. The van der Waals surface area contributed by atoms with Gasteiger partial charge in [-0.2, -0.15) is 0 Å². The molecule has 2 heterocycles. The summed E-state index contributed by atoms with van der Waals surface area (Å²) in [5.74, 6) is 0.831. The molecule has 124 valence electrons. The molecular weight excluding hydrogens is 304 g/mol. The van der Waals surface area contributed by atoms with E-state index in [2.05, 4.69) is 5.32 Å². The molecule has 0 aliphatic carbocycles. The lowest BCUT2D eigenvalue weighted by Gasteiger charge is -2.16. The molecule has 1 fully saturated rings. The zero-order valence-electron chi connectivity index (χ0n) is 13.4. The van der Waals surface area contributed by atoms with Crippen LogP contribution in [0.4, 0.5) is 0 Å². The van der Waals surface area contributed by atoms with Gasteiger partial charge in [-0.15, -0.1) is 0 Å². The lowest BCUT2D eigenvalue weighted by Crippen LogP contribution is -2.38. The minimum atomic E-state index is -0.269. The number of carbonyl (C=O) groups is 2. The Balaban J connectivity index is 1.44. The number of hydrogen-bond donors (Lipinski definition) is 1. The second kappa shape index (κ2) is 7.64. The number of rotatable bonds is 5. The van der Waals surface area contributed by atoms with Gasteiger partial charge in [-0.3, -0.25) is 9.59 Å². The highest BCUT2D eigenvalue weighted by atomic mass is 16.3. The van der Waals surface area contributed by atoms with Crippen LogP contribution >= 0.6 is 0 Å². The molecule has 1 atom stereocenters. The van der Waals surface area contributed by atoms with Gasteiger partial charge in [-0.1, -0.05) is 30.3 Å². The molecule has 0 bridgehead atoms. The van der Waals surface area contributed by atoms with Crippen LogP contribution in [0, 0.1) is 0 Å². The first-order valence-corrected chi connectivity index (χ1v) is 8.04. The maximum Gasteiger partial charge on any atom is 0.244 e. The summed E-state index contributed by atoms with van der Waals surface area (Å²) in [4.78, 5) is 25.8. The van der Waals surface area contributed by atoms with Crippen LogP contribution in [0.25, 0.3) is 6.08 Å². The van der Waals surface area contributed by atoms with Gasteiger partial charge in [0, 0.05) is 25.1 Å². The Hall–Kier alpha value is -2.82. The lowest BCUT2D eigenvalue weighted by molar-refractivity contribution is -0.131. The van der Waals surface area contributed by atoms with Crippen molar-refractivity contribution >= 4 is 17.9 Å². The Labute approximate surface area is 141 Å². The van der Waals surface area contributed by atoms with Crippen molar-refractivity contribution in [1.82, 2.24) is 10.2 Å². The van der Waals surface area contributed by atoms with E-state index >= 15 is 0 Å². The molecule has 1 aliphatic heterocycles. The topological polar surface area (TPSA) is 62.6 Å². The summed E-state index contributed by atoms with van der Waals surface area (Å²) in [6.07, 6.45) is 5.71. The van der Waals surface area contributed by atoms with Crippen molar-refractivity contribution in [3.63, 3.8) is 0 Å². The van der Waals surface area contributed by atoms with E-state index in [1.54, 1.807) is 17.2 Å². The molecule has 1 N–H and O–H groups in total. The number of hydrogen-bond acceptors (Lipinski definition) is 3. The van der Waals surface area contributed by atoms with Crippen LogP contribution in [0.5, 0.6) is 0 Å². The lowest BCUT2D eigenvalue weighted by atomic mass is 10.1. The molecule has 1 aromatic carbocycles. The Kier molecular flexibility index (Phi) is 5.11. The molecule has 1 aromatic heterocycles. The van der Waals surface area contributed by atoms with Gasteiger partial charge in [0.1, 0.15) is 5.76 Å². The first-order valence-electron chi connectivity index (χ1n) is 8.04. The number of benzene rings is 1. The number of furan rings is 1. The summed E-state index contributed by atoms with van der Waals surface area (Å²) in [5.41, 5.74) is 0.944. The molecule has 0 radical (unpaired) electrons. The fourth-order valence-electron chi connectivity index (χ4n) is 2.81. The standard InChI is InChI=1S/C19H20N2O3/c22-18(9-8-15-5-2-1-3-6-15)20-13-19(23)21-11-10-16(14-21)17-7-4-12-24-17/h1-9,12,16H,10-11,13-14H2,(H,20,22). The van der Waals surface area contributed by atoms with Crippen molar-refractivity contribution in [2.45, 2.75) is 12.3 Å². The van der Waals surface area contributed by atoms with Gasteiger partial charge < -0.3 is 14.6 Å². The summed E-state index contributed by atoms with van der Waals surface area (Å²) in [7, 11) is 0. The number of amides is 2. The molecule has 2 amide bonds. The largest absolute Gasteiger partial charge is 0.469 e.